The molecule has 0 aliphatic heterocycles. The Bertz CT molecular complexity index is 363. The average molecular weight is 242 g/mol. The highest BCUT2D eigenvalue weighted by Crippen LogP contribution is 2.11. The SMILES string of the molecule is CCCNC(=O)CNCc1c(F)cccc1F. The fourth-order valence-electron chi connectivity index (χ4n) is 1.33. The van der Waals surface area contributed by atoms with Crippen LogP contribution in [0.2, 0.25) is 0 Å². The number of halogens is 2. The van der Waals surface area contributed by atoms with Gasteiger partial charge in [0.2, 0.25) is 5.91 Å². The first-order valence-corrected chi connectivity index (χ1v) is 5.55. The lowest BCUT2D eigenvalue weighted by molar-refractivity contribution is -0.120. The minimum atomic E-state index is -0.605. The van der Waals surface area contributed by atoms with Gasteiger partial charge in [0.25, 0.3) is 0 Å². The third-order valence-corrected chi connectivity index (χ3v) is 2.22. The number of carbonyl (C=O) groups is 1. The average Bonchev–Trinajstić information content (AvgIpc) is 2.30. The maximum Gasteiger partial charge on any atom is 0.233 e. The van der Waals surface area contributed by atoms with Crippen molar-refractivity contribution in [1.29, 1.82) is 0 Å². The lowest BCUT2D eigenvalue weighted by Gasteiger charge is -2.07. The van der Waals surface area contributed by atoms with E-state index in [9.17, 15) is 13.6 Å². The molecule has 17 heavy (non-hydrogen) atoms. The van der Waals surface area contributed by atoms with Crippen molar-refractivity contribution < 1.29 is 13.6 Å². The van der Waals surface area contributed by atoms with E-state index in [1.807, 2.05) is 6.92 Å². The molecule has 0 aromatic heterocycles. The molecule has 3 nitrogen and oxygen atoms in total. The van der Waals surface area contributed by atoms with E-state index < -0.39 is 11.6 Å². The van der Waals surface area contributed by atoms with Crippen LogP contribution in [0.5, 0.6) is 0 Å². The molecule has 0 aliphatic carbocycles. The third kappa shape index (κ3) is 4.48. The van der Waals surface area contributed by atoms with Crippen LogP contribution in [0.4, 0.5) is 8.78 Å². The van der Waals surface area contributed by atoms with Crippen molar-refractivity contribution >= 4 is 5.91 Å². The van der Waals surface area contributed by atoms with Crippen molar-refractivity contribution in [3.05, 3.63) is 35.4 Å². The molecule has 1 aromatic carbocycles. The van der Waals surface area contributed by atoms with Crippen LogP contribution in [-0.2, 0) is 11.3 Å². The summed E-state index contributed by atoms with van der Waals surface area (Å²) in [6.45, 7) is 2.60. The Morgan fingerprint density at radius 2 is 1.94 bits per heavy atom. The molecular formula is C12H16F2N2O. The highest BCUT2D eigenvalue weighted by Gasteiger charge is 2.08. The summed E-state index contributed by atoms with van der Waals surface area (Å²) < 4.78 is 26.4. The van der Waals surface area contributed by atoms with Gasteiger partial charge in [-0.05, 0) is 18.6 Å². The van der Waals surface area contributed by atoms with E-state index in [0.717, 1.165) is 6.42 Å². The van der Waals surface area contributed by atoms with Crippen LogP contribution in [0.15, 0.2) is 18.2 Å². The Morgan fingerprint density at radius 3 is 2.53 bits per heavy atom. The molecule has 0 heterocycles. The van der Waals surface area contributed by atoms with Gasteiger partial charge in [0.05, 0.1) is 6.54 Å². The quantitative estimate of drug-likeness (QED) is 0.795. The lowest BCUT2D eigenvalue weighted by atomic mass is 10.2. The van der Waals surface area contributed by atoms with Gasteiger partial charge in [0, 0.05) is 18.7 Å². The second-order valence-electron chi connectivity index (χ2n) is 3.65. The Labute approximate surface area is 99.2 Å². The van der Waals surface area contributed by atoms with Gasteiger partial charge < -0.3 is 10.6 Å². The summed E-state index contributed by atoms with van der Waals surface area (Å²) in [5.74, 6) is -1.39. The van der Waals surface area contributed by atoms with Gasteiger partial charge in [-0.25, -0.2) is 8.78 Å². The zero-order valence-corrected chi connectivity index (χ0v) is 9.72. The van der Waals surface area contributed by atoms with Crippen molar-refractivity contribution in [2.45, 2.75) is 19.9 Å². The molecule has 94 valence electrons. The summed E-state index contributed by atoms with van der Waals surface area (Å²) in [6.07, 6.45) is 0.855. The van der Waals surface area contributed by atoms with Crippen molar-refractivity contribution in [3.8, 4) is 0 Å². The zero-order valence-electron chi connectivity index (χ0n) is 9.72. The normalized spacial score (nSPS) is 10.3. The molecule has 5 heteroatoms. The molecule has 0 aliphatic rings. The van der Waals surface area contributed by atoms with E-state index in [1.165, 1.54) is 18.2 Å². The molecule has 0 saturated carbocycles. The number of amides is 1. The first-order valence-electron chi connectivity index (χ1n) is 5.55. The summed E-state index contributed by atoms with van der Waals surface area (Å²) in [7, 11) is 0. The molecule has 0 fully saturated rings. The molecule has 2 N–H and O–H groups in total. The summed E-state index contributed by atoms with van der Waals surface area (Å²) in [5.41, 5.74) is -0.0456. The maximum absolute atomic E-state index is 13.2. The van der Waals surface area contributed by atoms with Crippen LogP contribution >= 0.6 is 0 Å². The summed E-state index contributed by atoms with van der Waals surface area (Å²) in [4.78, 5) is 11.2. The van der Waals surface area contributed by atoms with Gasteiger partial charge in [-0.1, -0.05) is 13.0 Å². The summed E-state index contributed by atoms with van der Waals surface area (Å²) in [6, 6.07) is 3.69. The Kier molecular flexibility index (Phi) is 5.56. The van der Waals surface area contributed by atoms with E-state index in [4.69, 9.17) is 0 Å². The molecule has 1 aromatic rings. The van der Waals surface area contributed by atoms with E-state index in [2.05, 4.69) is 10.6 Å². The van der Waals surface area contributed by atoms with Crippen LogP contribution in [0, 0.1) is 11.6 Å². The molecule has 1 rings (SSSR count). The van der Waals surface area contributed by atoms with Crippen molar-refractivity contribution in [2.75, 3.05) is 13.1 Å². The van der Waals surface area contributed by atoms with Gasteiger partial charge in [-0.3, -0.25) is 4.79 Å². The van der Waals surface area contributed by atoms with E-state index in [1.54, 1.807) is 0 Å². The van der Waals surface area contributed by atoms with E-state index in [-0.39, 0.29) is 24.6 Å². The topological polar surface area (TPSA) is 41.1 Å². The van der Waals surface area contributed by atoms with Crippen LogP contribution in [0.25, 0.3) is 0 Å². The highest BCUT2D eigenvalue weighted by molar-refractivity contribution is 5.77. The fraction of sp³-hybridized carbons (Fsp3) is 0.417. The minimum Gasteiger partial charge on any atom is -0.355 e. The highest BCUT2D eigenvalue weighted by atomic mass is 19.1. The van der Waals surface area contributed by atoms with Crippen molar-refractivity contribution in [2.24, 2.45) is 0 Å². The Balaban J connectivity index is 2.38. The van der Waals surface area contributed by atoms with Gasteiger partial charge in [0.15, 0.2) is 0 Å². The Morgan fingerprint density at radius 1 is 1.29 bits per heavy atom. The standard InChI is InChI=1S/C12H16F2N2O/c1-2-6-16-12(17)8-15-7-9-10(13)4-3-5-11(9)14/h3-5,15H,2,6-8H2,1H3,(H,16,17). The molecule has 1 amide bonds. The van der Waals surface area contributed by atoms with Crippen LogP contribution < -0.4 is 10.6 Å². The summed E-state index contributed by atoms with van der Waals surface area (Å²) >= 11 is 0. The number of hydrogen-bond acceptors (Lipinski definition) is 2. The van der Waals surface area contributed by atoms with Gasteiger partial charge in [-0.2, -0.15) is 0 Å². The first-order chi connectivity index (χ1) is 8.15. The Hall–Kier alpha value is -1.49. The van der Waals surface area contributed by atoms with Gasteiger partial charge >= 0.3 is 0 Å². The number of hydrogen-bond donors (Lipinski definition) is 2. The predicted molar refractivity (Wildman–Crippen MR) is 61.4 cm³/mol. The van der Waals surface area contributed by atoms with E-state index in [0.29, 0.717) is 6.54 Å². The van der Waals surface area contributed by atoms with Crippen LogP contribution in [-0.4, -0.2) is 19.0 Å². The van der Waals surface area contributed by atoms with Crippen LogP contribution in [0.3, 0.4) is 0 Å². The van der Waals surface area contributed by atoms with Crippen molar-refractivity contribution in [1.82, 2.24) is 10.6 Å². The second-order valence-corrected chi connectivity index (χ2v) is 3.65. The lowest BCUT2D eigenvalue weighted by Crippen LogP contribution is -2.34. The predicted octanol–water partition coefficient (Wildman–Crippen LogP) is 1.58. The third-order valence-electron chi connectivity index (χ3n) is 2.22. The monoisotopic (exact) mass is 242 g/mol. The number of carbonyl (C=O) groups excluding carboxylic acids is 1. The fourth-order valence-corrected chi connectivity index (χ4v) is 1.33. The molecule has 0 atom stereocenters. The van der Waals surface area contributed by atoms with Gasteiger partial charge in [0.1, 0.15) is 11.6 Å². The molecule has 0 saturated heterocycles. The zero-order chi connectivity index (χ0) is 12.7. The molecule has 0 bridgehead atoms. The van der Waals surface area contributed by atoms with Gasteiger partial charge in [-0.15, -0.1) is 0 Å². The number of benzene rings is 1. The summed E-state index contributed by atoms with van der Waals surface area (Å²) in [5, 5.41) is 5.36. The molecule has 0 radical (unpaired) electrons. The molecule has 0 spiro atoms. The van der Waals surface area contributed by atoms with E-state index >= 15 is 0 Å². The largest absolute Gasteiger partial charge is 0.355 e. The first kappa shape index (κ1) is 13.6. The number of nitrogens with one attached hydrogen (secondary N) is 2. The molecular weight excluding hydrogens is 226 g/mol. The smallest absolute Gasteiger partial charge is 0.233 e. The van der Waals surface area contributed by atoms with Crippen molar-refractivity contribution in [3.63, 3.8) is 0 Å². The minimum absolute atomic E-state index is 0.00193. The molecule has 0 unspecified atom stereocenters. The maximum atomic E-state index is 13.2. The number of rotatable bonds is 6. The van der Waals surface area contributed by atoms with Crippen LogP contribution in [0.1, 0.15) is 18.9 Å². The second kappa shape index (κ2) is 6.96.